The molecule has 0 bridgehead atoms. The molecule has 1 fully saturated rings. The van der Waals surface area contributed by atoms with E-state index < -0.39 is 5.91 Å². The maximum absolute atomic E-state index is 11.1. The van der Waals surface area contributed by atoms with Crippen LogP contribution in [0.1, 0.15) is 36.0 Å². The van der Waals surface area contributed by atoms with Crippen molar-refractivity contribution in [1.29, 1.82) is 0 Å². The molecule has 0 spiro atoms. The number of halogens is 1. The first-order chi connectivity index (χ1) is 9.11. The van der Waals surface area contributed by atoms with Gasteiger partial charge in [-0.25, -0.2) is 0 Å². The lowest BCUT2D eigenvalue weighted by atomic mass is 9.98. The van der Waals surface area contributed by atoms with Crippen molar-refractivity contribution in [3.05, 3.63) is 28.8 Å². The summed E-state index contributed by atoms with van der Waals surface area (Å²) in [5.74, 6) is 0.113. The first kappa shape index (κ1) is 14.2. The van der Waals surface area contributed by atoms with Gasteiger partial charge in [-0.3, -0.25) is 4.79 Å². The first-order valence-corrected chi connectivity index (χ1v) is 7.05. The van der Waals surface area contributed by atoms with E-state index in [1.54, 1.807) is 12.1 Å². The molecule has 4 nitrogen and oxygen atoms in total. The van der Waals surface area contributed by atoms with Crippen LogP contribution in [0.5, 0.6) is 0 Å². The highest BCUT2D eigenvalue weighted by Crippen LogP contribution is 2.30. The van der Waals surface area contributed by atoms with Crippen molar-refractivity contribution >= 4 is 23.2 Å². The third-order valence-electron chi connectivity index (χ3n) is 3.81. The molecule has 0 radical (unpaired) electrons. The zero-order valence-electron chi connectivity index (χ0n) is 10.9. The molecule has 5 heteroatoms. The fraction of sp³-hybridized carbons (Fsp3) is 0.500. The molecule has 0 aromatic heterocycles. The minimum atomic E-state index is -0.511. The van der Waals surface area contributed by atoms with E-state index in [1.807, 2.05) is 6.07 Å². The van der Waals surface area contributed by atoms with Crippen molar-refractivity contribution in [1.82, 2.24) is 0 Å². The summed E-state index contributed by atoms with van der Waals surface area (Å²) in [4.78, 5) is 11.1. The van der Waals surface area contributed by atoms with Crippen LogP contribution in [0.4, 0.5) is 5.69 Å². The standard InChI is InChI=1S/C14H20ClN3O/c15-12-7-10(5-6-11(12)14(17)19)18-13(8-16)9-3-1-2-4-9/h5-7,9,13,18H,1-4,8,16H2,(H2,17,19). The van der Waals surface area contributed by atoms with Gasteiger partial charge in [0.25, 0.3) is 0 Å². The minimum absolute atomic E-state index is 0.262. The van der Waals surface area contributed by atoms with Crippen molar-refractivity contribution in [3.63, 3.8) is 0 Å². The van der Waals surface area contributed by atoms with E-state index in [-0.39, 0.29) is 6.04 Å². The number of carbonyl (C=O) groups excluding carboxylic acids is 1. The Morgan fingerprint density at radius 2 is 2.11 bits per heavy atom. The summed E-state index contributed by atoms with van der Waals surface area (Å²) in [5, 5.41) is 3.79. The van der Waals surface area contributed by atoms with Gasteiger partial charge in [0.1, 0.15) is 0 Å². The van der Waals surface area contributed by atoms with Gasteiger partial charge in [0, 0.05) is 18.3 Å². The zero-order valence-corrected chi connectivity index (χ0v) is 11.6. The number of amides is 1. The summed E-state index contributed by atoms with van der Waals surface area (Å²) >= 11 is 6.04. The second kappa shape index (κ2) is 6.26. The molecule has 1 atom stereocenters. The predicted molar refractivity (Wildman–Crippen MR) is 78.4 cm³/mol. The summed E-state index contributed by atoms with van der Waals surface area (Å²) in [6, 6.07) is 5.47. The molecule has 2 rings (SSSR count). The van der Waals surface area contributed by atoms with E-state index in [4.69, 9.17) is 23.1 Å². The number of benzene rings is 1. The van der Waals surface area contributed by atoms with Crippen LogP contribution >= 0.6 is 11.6 Å². The Labute approximate surface area is 118 Å². The number of hydrogen-bond acceptors (Lipinski definition) is 3. The molecule has 104 valence electrons. The van der Waals surface area contributed by atoms with Crippen molar-refractivity contribution in [3.8, 4) is 0 Å². The number of rotatable bonds is 5. The highest BCUT2D eigenvalue weighted by Gasteiger charge is 2.24. The van der Waals surface area contributed by atoms with E-state index in [0.29, 0.717) is 23.0 Å². The zero-order chi connectivity index (χ0) is 13.8. The number of carbonyl (C=O) groups is 1. The molecule has 1 unspecified atom stereocenters. The Kier molecular flexibility index (Phi) is 4.66. The molecule has 0 aliphatic heterocycles. The quantitative estimate of drug-likeness (QED) is 0.775. The fourth-order valence-electron chi connectivity index (χ4n) is 2.75. The van der Waals surface area contributed by atoms with Crippen LogP contribution in [0.15, 0.2) is 18.2 Å². The van der Waals surface area contributed by atoms with E-state index >= 15 is 0 Å². The molecule has 1 saturated carbocycles. The van der Waals surface area contributed by atoms with Crippen molar-refractivity contribution < 1.29 is 4.79 Å². The number of anilines is 1. The third kappa shape index (κ3) is 3.39. The number of nitrogens with two attached hydrogens (primary N) is 2. The van der Waals surface area contributed by atoms with Crippen molar-refractivity contribution in [2.24, 2.45) is 17.4 Å². The summed E-state index contributed by atoms with van der Waals surface area (Å²) in [6.45, 7) is 0.597. The minimum Gasteiger partial charge on any atom is -0.381 e. The van der Waals surface area contributed by atoms with Crippen LogP contribution in [0.3, 0.4) is 0 Å². The van der Waals surface area contributed by atoms with Gasteiger partial charge in [0.15, 0.2) is 0 Å². The van der Waals surface area contributed by atoms with Gasteiger partial charge < -0.3 is 16.8 Å². The molecule has 5 N–H and O–H groups in total. The maximum Gasteiger partial charge on any atom is 0.250 e. The van der Waals surface area contributed by atoms with Gasteiger partial charge in [-0.05, 0) is 37.0 Å². The molecule has 0 heterocycles. The highest BCUT2D eigenvalue weighted by atomic mass is 35.5. The van der Waals surface area contributed by atoms with Crippen LogP contribution in [-0.2, 0) is 0 Å². The lowest BCUT2D eigenvalue weighted by molar-refractivity contribution is 0.100. The van der Waals surface area contributed by atoms with Crippen molar-refractivity contribution in [2.45, 2.75) is 31.7 Å². The highest BCUT2D eigenvalue weighted by molar-refractivity contribution is 6.34. The van der Waals surface area contributed by atoms with Crippen LogP contribution in [-0.4, -0.2) is 18.5 Å². The molecular weight excluding hydrogens is 262 g/mol. The Morgan fingerprint density at radius 3 is 2.63 bits per heavy atom. The monoisotopic (exact) mass is 281 g/mol. The summed E-state index contributed by atoms with van der Waals surface area (Å²) in [6.07, 6.45) is 5.01. The van der Waals surface area contributed by atoms with Gasteiger partial charge in [0.2, 0.25) is 5.91 Å². The van der Waals surface area contributed by atoms with Crippen LogP contribution in [0, 0.1) is 5.92 Å². The summed E-state index contributed by atoms with van der Waals surface area (Å²) in [7, 11) is 0. The fourth-order valence-corrected chi connectivity index (χ4v) is 3.02. The molecular formula is C14H20ClN3O. The molecule has 19 heavy (non-hydrogen) atoms. The lowest BCUT2D eigenvalue weighted by Crippen LogP contribution is -2.35. The van der Waals surface area contributed by atoms with Crippen LogP contribution in [0.2, 0.25) is 5.02 Å². The maximum atomic E-state index is 11.1. The Morgan fingerprint density at radius 1 is 1.42 bits per heavy atom. The van der Waals surface area contributed by atoms with Crippen molar-refractivity contribution in [2.75, 3.05) is 11.9 Å². The third-order valence-corrected chi connectivity index (χ3v) is 4.12. The van der Waals surface area contributed by atoms with E-state index in [0.717, 1.165) is 5.69 Å². The van der Waals surface area contributed by atoms with E-state index in [1.165, 1.54) is 25.7 Å². The SMILES string of the molecule is NCC(Nc1ccc(C(N)=O)c(Cl)c1)C1CCCC1. The number of hydrogen-bond donors (Lipinski definition) is 3. The average molecular weight is 282 g/mol. The lowest BCUT2D eigenvalue weighted by Gasteiger charge is -2.24. The second-order valence-corrected chi connectivity index (χ2v) is 5.50. The van der Waals surface area contributed by atoms with E-state index in [2.05, 4.69) is 5.32 Å². The normalized spacial score (nSPS) is 17.4. The topological polar surface area (TPSA) is 81.1 Å². The Balaban J connectivity index is 2.09. The van der Waals surface area contributed by atoms with Gasteiger partial charge in [-0.2, -0.15) is 0 Å². The number of primary amides is 1. The van der Waals surface area contributed by atoms with E-state index in [9.17, 15) is 4.79 Å². The average Bonchev–Trinajstić information content (AvgIpc) is 2.89. The molecule has 1 aromatic rings. The predicted octanol–water partition coefficient (Wildman–Crippen LogP) is 2.37. The second-order valence-electron chi connectivity index (χ2n) is 5.09. The molecule has 1 amide bonds. The molecule has 0 saturated heterocycles. The van der Waals surface area contributed by atoms with Crippen LogP contribution in [0.25, 0.3) is 0 Å². The Bertz CT molecular complexity index is 458. The molecule has 1 aliphatic carbocycles. The van der Waals surface area contributed by atoms with Gasteiger partial charge in [-0.1, -0.05) is 24.4 Å². The number of nitrogens with one attached hydrogen (secondary N) is 1. The first-order valence-electron chi connectivity index (χ1n) is 6.67. The summed E-state index contributed by atoms with van der Waals surface area (Å²) in [5.41, 5.74) is 12.3. The van der Waals surface area contributed by atoms with Gasteiger partial charge in [-0.15, -0.1) is 0 Å². The largest absolute Gasteiger partial charge is 0.381 e. The van der Waals surface area contributed by atoms with Gasteiger partial charge in [0.05, 0.1) is 10.6 Å². The van der Waals surface area contributed by atoms with Crippen LogP contribution < -0.4 is 16.8 Å². The summed E-state index contributed by atoms with van der Waals surface area (Å²) < 4.78 is 0. The van der Waals surface area contributed by atoms with Gasteiger partial charge >= 0.3 is 0 Å². The smallest absolute Gasteiger partial charge is 0.250 e. The molecule has 1 aliphatic rings. The Hall–Kier alpha value is -1.26. The molecule has 1 aromatic carbocycles.